The fourth-order valence-corrected chi connectivity index (χ4v) is 3.36. The van der Waals surface area contributed by atoms with Gasteiger partial charge in [0, 0.05) is 4.47 Å². The summed E-state index contributed by atoms with van der Waals surface area (Å²) in [6.07, 6.45) is 1.39. The third-order valence-electron chi connectivity index (χ3n) is 4.38. The van der Waals surface area contributed by atoms with Crippen LogP contribution < -0.4 is 20.2 Å². The maximum absolute atomic E-state index is 12.4. The number of methoxy groups -OCH3 is 1. The van der Waals surface area contributed by atoms with E-state index in [2.05, 4.69) is 31.8 Å². The lowest BCUT2D eigenvalue weighted by molar-refractivity contribution is -0.120. The molecule has 3 rings (SSSR count). The van der Waals surface area contributed by atoms with E-state index in [4.69, 9.17) is 21.1 Å². The molecule has 10 heteroatoms. The van der Waals surface area contributed by atoms with Crippen LogP contribution >= 0.6 is 27.5 Å². The number of hydrogen-bond acceptors (Lipinski definition) is 6. The molecule has 34 heavy (non-hydrogen) atoms. The van der Waals surface area contributed by atoms with Crippen molar-refractivity contribution in [3.63, 3.8) is 0 Å². The van der Waals surface area contributed by atoms with Crippen LogP contribution in [0.3, 0.4) is 0 Å². The number of benzene rings is 3. The number of rotatable bonds is 8. The molecule has 2 N–H and O–H groups in total. The number of nitrogens with zero attached hydrogens (tertiary/aromatic N) is 1. The second-order valence-electron chi connectivity index (χ2n) is 6.77. The molecule has 0 saturated carbocycles. The maximum atomic E-state index is 12.4. The van der Waals surface area contributed by atoms with Crippen LogP contribution in [0.1, 0.15) is 26.3 Å². The number of halogens is 2. The van der Waals surface area contributed by atoms with Gasteiger partial charge in [-0.15, -0.1) is 0 Å². The minimum Gasteiger partial charge on any atom is -0.493 e. The lowest BCUT2D eigenvalue weighted by atomic mass is 10.2. The van der Waals surface area contributed by atoms with E-state index in [1.165, 1.54) is 13.3 Å². The fraction of sp³-hybridized carbons (Fsp3) is 0.0833. The van der Waals surface area contributed by atoms with Gasteiger partial charge in [0.25, 0.3) is 11.8 Å². The summed E-state index contributed by atoms with van der Waals surface area (Å²) in [5, 5.41) is 6.62. The van der Waals surface area contributed by atoms with Crippen LogP contribution in [0.5, 0.6) is 11.5 Å². The predicted octanol–water partition coefficient (Wildman–Crippen LogP) is 4.21. The number of carbonyl (C=O) groups is 3. The Bertz CT molecular complexity index is 1250. The lowest BCUT2D eigenvalue weighted by Gasteiger charge is -2.10. The number of hydrazone groups is 1. The van der Waals surface area contributed by atoms with Crippen LogP contribution in [-0.2, 0) is 4.79 Å². The molecule has 0 radical (unpaired) electrons. The Hall–Kier alpha value is -3.69. The molecule has 0 unspecified atom stereocenters. The zero-order valence-electron chi connectivity index (χ0n) is 17.9. The van der Waals surface area contributed by atoms with Crippen molar-refractivity contribution in [3.8, 4) is 11.5 Å². The van der Waals surface area contributed by atoms with Crippen LogP contribution in [0.15, 0.2) is 76.3 Å². The molecule has 0 saturated heterocycles. The van der Waals surface area contributed by atoms with Gasteiger partial charge in [-0.05, 0) is 54.1 Å². The lowest BCUT2D eigenvalue weighted by Crippen LogP contribution is -2.35. The maximum Gasteiger partial charge on any atom is 0.343 e. The van der Waals surface area contributed by atoms with Crippen LogP contribution in [-0.4, -0.2) is 37.7 Å². The fourth-order valence-electron chi connectivity index (χ4n) is 2.74. The van der Waals surface area contributed by atoms with Crippen LogP contribution in [0.4, 0.5) is 0 Å². The average Bonchev–Trinajstić information content (AvgIpc) is 2.83. The third-order valence-corrected chi connectivity index (χ3v) is 5.20. The van der Waals surface area contributed by atoms with Gasteiger partial charge in [0.2, 0.25) is 0 Å². The number of nitrogens with one attached hydrogen (secondary N) is 2. The Labute approximate surface area is 209 Å². The van der Waals surface area contributed by atoms with Gasteiger partial charge in [0.15, 0.2) is 11.5 Å². The Kier molecular flexibility index (Phi) is 8.78. The average molecular weight is 545 g/mol. The minimum absolute atomic E-state index is 0.232. The third kappa shape index (κ3) is 6.90. The Morgan fingerprint density at radius 1 is 1.03 bits per heavy atom. The van der Waals surface area contributed by atoms with E-state index in [0.717, 1.165) is 4.47 Å². The van der Waals surface area contributed by atoms with Crippen molar-refractivity contribution >= 4 is 51.5 Å². The molecule has 0 aliphatic rings. The van der Waals surface area contributed by atoms with E-state index >= 15 is 0 Å². The van der Waals surface area contributed by atoms with Crippen molar-refractivity contribution in [3.05, 3.63) is 92.9 Å². The zero-order valence-corrected chi connectivity index (χ0v) is 20.2. The molecule has 0 heterocycles. The molecular formula is C24H19BrClN3O5. The van der Waals surface area contributed by atoms with Crippen molar-refractivity contribution in [1.29, 1.82) is 0 Å². The normalized spacial score (nSPS) is 10.6. The van der Waals surface area contributed by atoms with Crippen LogP contribution in [0.25, 0.3) is 0 Å². The first-order valence-corrected chi connectivity index (χ1v) is 11.0. The minimum atomic E-state index is -0.535. The topological polar surface area (TPSA) is 106 Å². The predicted molar refractivity (Wildman–Crippen MR) is 132 cm³/mol. The van der Waals surface area contributed by atoms with Crippen molar-refractivity contribution in [2.75, 3.05) is 13.7 Å². The van der Waals surface area contributed by atoms with Crippen molar-refractivity contribution in [2.45, 2.75) is 0 Å². The van der Waals surface area contributed by atoms with Crippen molar-refractivity contribution in [2.24, 2.45) is 5.10 Å². The van der Waals surface area contributed by atoms with Gasteiger partial charge in [0.1, 0.15) is 0 Å². The van der Waals surface area contributed by atoms with Gasteiger partial charge in [-0.1, -0.05) is 45.7 Å². The van der Waals surface area contributed by atoms with E-state index < -0.39 is 17.8 Å². The van der Waals surface area contributed by atoms with E-state index in [0.29, 0.717) is 16.9 Å². The van der Waals surface area contributed by atoms with Gasteiger partial charge in [-0.3, -0.25) is 9.59 Å². The largest absolute Gasteiger partial charge is 0.493 e. The first-order valence-electron chi connectivity index (χ1n) is 9.88. The first kappa shape index (κ1) is 24.9. The number of esters is 1. The number of carbonyl (C=O) groups excluding carboxylic acids is 3. The summed E-state index contributed by atoms with van der Waals surface area (Å²) in [7, 11) is 1.44. The highest BCUT2D eigenvalue weighted by molar-refractivity contribution is 9.10. The van der Waals surface area contributed by atoms with Gasteiger partial charge >= 0.3 is 5.97 Å². The number of hydrogen-bond donors (Lipinski definition) is 2. The Morgan fingerprint density at radius 2 is 1.82 bits per heavy atom. The summed E-state index contributed by atoms with van der Waals surface area (Å²) in [4.78, 5) is 36.4. The number of amides is 2. The van der Waals surface area contributed by atoms with Gasteiger partial charge in [-0.2, -0.15) is 5.10 Å². The zero-order chi connectivity index (χ0) is 24.5. The quantitative estimate of drug-likeness (QED) is 0.191. The van der Waals surface area contributed by atoms with Crippen molar-refractivity contribution < 1.29 is 23.9 Å². The highest BCUT2D eigenvalue weighted by Crippen LogP contribution is 2.28. The summed E-state index contributed by atoms with van der Waals surface area (Å²) < 4.78 is 11.5. The van der Waals surface area contributed by atoms with Gasteiger partial charge in [0.05, 0.1) is 36.0 Å². The standard InChI is InChI=1S/C24H19BrClN3O5/c1-33-21-11-15(9-10-20(21)34-24(32)16-5-4-6-17(25)12-16)13-28-29-22(30)14-27-23(31)18-7-2-3-8-19(18)26/h2-13H,14H2,1H3,(H,27,31)(H,29,30)/b28-13+. The van der Waals surface area contributed by atoms with Crippen LogP contribution in [0.2, 0.25) is 5.02 Å². The van der Waals surface area contributed by atoms with E-state index in [1.54, 1.807) is 66.7 Å². The first-order chi connectivity index (χ1) is 16.4. The van der Waals surface area contributed by atoms with E-state index in [1.807, 2.05) is 0 Å². The molecule has 3 aromatic carbocycles. The smallest absolute Gasteiger partial charge is 0.343 e. The summed E-state index contributed by atoms with van der Waals surface area (Å²) in [5.41, 5.74) is 3.55. The molecule has 0 fully saturated rings. The summed E-state index contributed by atoms with van der Waals surface area (Å²) in [6, 6.07) is 18.1. The molecule has 0 bridgehead atoms. The molecule has 0 aliphatic heterocycles. The SMILES string of the molecule is COc1cc(/C=N/NC(=O)CNC(=O)c2ccccc2Cl)ccc1OC(=O)c1cccc(Br)c1. The molecule has 0 spiro atoms. The van der Waals surface area contributed by atoms with Crippen LogP contribution in [0, 0.1) is 0 Å². The van der Waals surface area contributed by atoms with Gasteiger partial charge in [-0.25, -0.2) is 10.2 Å². The second kappa shape index (κ2) is 12.0. The van der Waals surface area contributed by atoms with E-state index in [-0.39, 0.29) is 22.9 Å². The Morgan fingerprint density at radius 3 is 2.56 bits per heavy atom. The molecule has 8 nitrogen and oxygen atoms in total. The summed E-state index contributed by atoms with van der Waals surface area (Å²) in [6.45, 7) is -0.283. The van der Waals surface area contributed by atoms with Gasteiger partial charge < -0.3 is 14.8 Å². The van der Waals surface area contributed by atoms with Crippen molar-refractivity contribution in [1.82, 2.24) is 10.7 Å². The van der Waals surface area contributed by atoms with E-state index in [9.17, 15) is 14.4 Å². The molecule has 3 aromatic rings. The number of ether oxygens (including phenoxy) is 2. The molecule has 174 valence electrons. The molecule has 0 atom stereocenters. The summed E-state index contributed by atoms with van der Waals surface area (Å²) in [5.74, 6) is -0.987. The second-order valence-corrected chi connectivity index (χ2v) is 8.09. The highest BCUT2D eigenvalue weighted by atomic mass is 79.9. The highest BCUT2D eigenvalue weighted by Gasteiger charge is 2.13. The molecular weight excluding hydrogens is 526 g/mol. The summed E-state index contributed by atoms with van der Waals surface area (Å²) >= 11 is 9.28. The Balaban J connectivity index is 1.55. The molecule has 0 aliphatic carbocycles. The molecule has 0 aromatic heterocycles. The monoisotopic (exact) mass is 543 g/mol. The molecule has 2 amide bonds.